The van der Waals surface area contributed by atoms with Crippen LogP contribution >= 0.6 is 0 Å². The third kappa shape index (κ3) is 5.89. The molecule has 1 aromatic heterocycles. The molecule has 1 aliphatic heterocycles. The number of aryl methyl sites for hydroxylation is 1. The lowest BCUT2D eigenvalue weighted by Gasteiger charge is -2.47. The van der Waals surface area contributed by atoms with Crippen molar-refractivity contribution >= 4 is 28.7 Å². The van der Waals surface area contributed by atoms with Gasteiger partial charge in [0.2, 0.25) is 6.29 Å². The number of aliphatic hydroxyl groups excluding tert-OH is 2. The second-order valence-corrected chi connectivity index (χ2v) is 10.5. The highest BCUT2D eigenvalue weighted by Crippen LogP contribution is 2.40. The predicted molar refractivity (Wildman–Crippen MR) is 152 cm³/mol. The van der Waals surface area contributed by atoms with Crippen molar-refractivity contribution < 1.29 is 53.0 Å². The maximum absolute atomic E-state index is 13.0. The highest BCUT2D eigenvalue weighted by molar-refractivity contribution is 6.07. The van der Waals surface area contributed by atoms with Crippen molar-refractivity contribution in [1.29, 1.82) is 0 Å². The number of anilines is 1. The van der Waals surface area contributed by atoms with E-state index in [0.717, 1.165) is 0 Å². The van der Waals surface area contributed by atoms with Crippen LogP contribution in [0.15, 0.2) is 33.5 Å². The second-order valence-electron chi connectivity index (χ2n) is 10.5. The largest absolute Gasteiger partial charge is 0.505 e. The number of hydrogen-bond donors (Lipinski definition) is 5. The van der Waals surface area contributed by atoms with Crippen molar-refractivity contribution in [3.05, 3.63) is 51.4 Å². The molecule has 4 atom stereocenters. The zero-order valence-electron chi connectivity index (χ0n) is 24.4. The number of rotatable bonds is 8. The van der Waals surface area contributed by atoms with E-state index in [-0.39, 0.29) is 27.8 Å². The van der Waals surface area contributed by atoms with E-state index in [0.29, 0.717) is 17.1 Å². The quantitative estimate of drug-likeness (QED) is 0.235. The van der Waals surface area contributed by atoms with Gasteiger partial charge in [0.05, 0.1) is 37.7 Å². The first-order valence-electron chi connectivity index (χ1n) is 13.2. The smallest absolute Gasteiger partial charge is 0.404 e. The van der Waals surface area contributed by atoms with Crippen molar-refractivity contribution in [2.75, 3.05) is 26.1 Å². The average molecular weight is 603 g/mol. The van der Waals surface area contributed by atoms with Gasteiger partial charge in [0, 0.05) is 16.7 Å². The van der Waals surface area contributed by atoms with Gasteiger partial charge < -0.3 is 54.5 Å². The van der Waals surface area contributed by atoms with E-state index >= 15 is 0 Å². The van der Waals surface area contributed by atoms with E-state index in [1.807, 2.05) is 0 Å². The molecule has 1 saturated heterocycles. The molecular weight excluding hydrogens is 568 g/mol. The number of nitrogens with two attached hydrogens (primary N) is 1. The number of amides is 2. The van der Waals surface area contributed by atoms with Gasteiger partial charge in [-0.2, -0.15) is 0 Å². The molecule has 14 heteroatoms. The van der Waals surface area contributed by atoms with Gasteiger partial charge in [0.25, 0.3) is 5.91 Å². The molecule has 2 amide bonds. The van der Waals surface area contributed by atoms with Crippen molar-refractivity contribution in [3.8, 4) is 23.0 Å². The molecule has 2 aromatic carbocycles. The van der Waals surface area contributed by atoms with E-state index in [1.54, 1.807) is 20.8 Å². The molecule has 43 heavy (non-hydrogen) atoms. The molecule has 0 radical (unpaired) electrons. The minimum atomic E-state index is -1.55. The first-order chi connectivity index (χ1) is 20.2. The lowest BCUT2D eigenvalue weighted by atomic mass is 9.81. The molecular formula is C29H34N2O12. The number of aromatic hydroxyl groups is 1. The summed E-state index contributed by atoms with van der Waals surface area (Å²) in [5, 5.41) is 34.2. The number of carbonyl (C=O) groups is 2. The Bertz CT molecular complexity index is 1590. The summed E-state index contributed by atoms with van der Waals surface area (Å²) < 4.78 is 33.0. The summed E-state index contributed by atoms with van der Waals surface area (Å²) in [6.45, 7) is 6.06. The third-order valence-corrected chi connectivity index (χ3v) is 7.52. The summed E-state index contributed by atoms with van der Waals surface area (Å²) in [6, 6.07) is 5.75. The molecule has 4 rings (SSSR count). The normalized spacial score (nSPS) is 21.2. The van der Waals surface area contributed by atoms with Crippen LogP contribution in [-0.4, -0.2) is 72.2 Å². The van der Waals surface area contributed by atoms with E-state index in [2.05, 4.69) is 5.32 Å². The monoisotopic (exact) mass is 602 g/mol. The number of hydrogen-bond acceptors (Lipinski definition) is 12. The first kappa shape index (κ1) is 31.4. The van der Waals surface area contributed by atoms with Crippen LogP contribution in [0.1, 0.15) is 35.3 Å². The number of fused-ring (bicyclic) bond motifs is 1. The van der Waals surface area contributed by atoms with Crippen LogP contribution in [0.4, 0.5) is 10.5 Å². The molecule has 1 fully saturated rings. The topological polar surface area (TPSA) is 209 Å². The number of primary amides is 1. The zero-order chi connectivity index (χ0) is 31.8. The van der Waals surface area contributed by atoms with Gasteiger partial charge in [0.1, 0.15) is 28.9 Å². The number of aliphatic hydroxyl groups is 2. The van der Waals surface area contributed by atoms with Gasteiger partial charge in [-0.15, -0.1) is 0 Å². The standard InChI is InChI=1S/C29H34N2O12/c1-12-18(38-5)9-14(10-19(12)39-6)25(35)31-20-21(33)15-7-8-17(13(2)23(15)41-26(20)36)40-27-22(34)24(42-28(30)37)16(11-32)29(3,4)43-27/h7-10,16,22,24,27,32-34H,11H2,1-6H3,(H2,30,37)(H,31,35)/t16-,22-,24-,27-/m1/s1. The highest BCUT2D eigenvalue weighted by atomic mass is 16.7. The Morgan fingerprint density at radius 1 is 1.07 bits per heavy atom. The second kappa shape index (κ2) is 12.0. The molecule has 0 aliphatic carbocycles. The fraction of sp³-hybridized carbons (Fsp3) is 0.414. The van der Waals surface area contributed by atoms with Gasteiger partial charge in [-0.1, -0.05) is 0 Å². The Kier molecular flexibility index (Phi) is 8.76. The van der Waals surface area contributed by atoms with Crippen LogP contribution in [0.5, 0.6) is 23.0 Å². The fourth-order valence-corrected chi connectivity index (χ4v) is 5.08. The van der Waals surface area contributed by atoms with Crippen molar-refractivity contribution in [1.82, 2.24) is 0 Å². The predicted octanol–water partition coefficient (Wildman–Crippen LogP) is 2.33. The highest BCUT2D eigenvalue weighted by Gasteiger charge is 2.52. The minimum absolute atomic E-state index is 0.0561. The van der Waals surface area contributed by atoms with E-state index in [9.17, 15) is 29.7 Å². The molecule has 232 valence electrons. The lowest BCUT2D eigenvalue weighted by molar-refractivity contribution is -0.290. The molecule has 3 aromatic rings. The zero-order valence-corrected chi connectivity index (χ0v) is 24.4. The number of methoxy groups -OCH3 is 2. The van der Waals surface area contributed by atoms with Crippen LogP contribution in [0.2, 0.25) is 0 Å². The van der Waals surface area contributed by atoms with E-state index in [1.165, 1.54) is 45.4 Å². The van der Waals surface area contributed by atoms with Crippen LogP contribution in [0.25, 0.3) is 11.0 Å². The molecule has 0 unspecified atom stereocenters. The third-order valence-electron chi connectivity index (χ3n) is 7.52. The number of ether oxygens (including phenoxy) is 5. The van der Waals surface area contributed by atoms with E-state index in [4.69, 9.17) is 33.8 Å². The van der Waals surface area contributed by atoms with Crippen LogP contribution in [0.3, 0.4) is 0 Å². The summed E-state index contributed by atoms with van der Waals surface area (Å²) in [5.74, 6) is -1.22. The van der Waals surface area contributed by atoms with Gasteiger partial charge in [0.15, 0.2) is 17.5 Å². The summed E-state index contributed by atoms with van der Waals surface area (Å²) in [5.41, 5.74) is 3.49. The minimum Gasteiger partial charge on any atom is -0.505 e. The molecule has 1 aliphatic rings. The SMILES string of the molecule is COc1cc(C(=O)Nc2c(O)c3ccc(O[C@@H]4OC(C)(C)[C@H](CO)[C@@H](OC(N)=O)[C@H]4O)c(C)c3oc2=O)cc(OC)c1C. The average Bonchev–Trinajstić information content (AvgIpc) is 2.95. The van der Waals surface area contributed by atoms with E-state index < -0.39 is 65.7 Å². The Balaban J connectivity index is 1.66. The Hall–Kier alpha value is -4.53. The molecule has 0 bridgehead atoms. The van der Waals surface area contributed by atoms with Crippen LogP contribution < -0.4 is 30.9 Å². The number of benzene rings is 2. The number of carbonyl (C=O) groups excluding carboxylic acids is 2. The van der Waals surface area contributed by atoms with Crippen molar-refractivity contribution in [2.45, 2.75) is 51.8 Å². The molecule has 0 spiro atoms. The Morgan fingerprint density at radius 2 is 1.70 bits per heavy atom. The first-order valence-corrected chi connectivity index (χ1v) is 13.2. The molecule has 6 N–H and O–H groups in total. The van der Waals surface area contributed by atoms with Gasteiger partial charge >= 0.3 is 11.7 Å². The Morgan fingerprint density at radius 3 is 2.26 bits per heavy atom. The van der Waals surface area contributed by atoms with Crippen LogP contribution in [-0.2, 0) is 9.47 Å². The summed E-state index contributed by atoms with van der Waals surface area (Å²) in [6.07, 6.45) is -5.34. The van der Waals surface area contributed by atoms with Gasteiger partial charge in [-0.25, -0.2) is 9.59 Å². The van der Waals surface area contributed by atoms with Gasteiger partial charge in [-0.05, 0) is 52.0 Å². The van der Waals surface area contributed by atoms with Gasteiger partial charge in [-0.3, -0.25) is 4.79 Å². The van der Waals surface area contributed by atoms with Crippen molar-refractivity contribution in [3.63, 3.8) is 0 Å². The molecule has 2 heterocycles. The number of nitrogens with one attached hydrogen (secondary N) is 1. The molecule has 14 nitrogen and oxygen atoms in total. The lowest BCUT2D eigenvalue weighted by Crippen LogP contribution is -2.62. The van der Waals surface area contributed by atoms with Crippen LogP contribution in [0, 0.1) is 19.8 Å². The van der Waals surface area contributed by atoms with Crippen molar-refractivity contribution in [2.24, 2.45) is 11.7 Å². The molecule has 0 saturated carbocycles. The summed E-state index contributed by atoms with van der Waals surface area (Å²) in [7, 11) is 2.88. The maximum Gasteiger partial charge on any atom is 0.404 e. The summed E-state index contributed by atoms with van der Waals surface area (Å²) in [4.78, 5) is 37.5. The Labute approximate surface area is 245 Å². The maximum atomic E-state index is 13.0. The summed E-state index contributed by atoms with van der Waals surface area (Å²) >= 11 is 0. The fourth-order valence-electron chi connectivity index (χ4n) is 5.08.